The number of sulfonamides is 1. The summed E-state index contributed by atoms with van der Waals surface area (Å²) in [6.07, 6.45) is 5.23. The molecule has 1 saturated heterocycles. The predicted molar refractivity (Wildman–Crippen MR) is 130 cm³/mol. The van der Waals surface area contributed by atoms with Gasteiger partial charge in [0.2, 0.25) is 21.8 Å². The van der Waals surface area contributed by atoms with Crippen LogP contribution in [-0.4, -0.2) is 61.3 Å². The largest absolute Gasteiger partial charge is 0.341 e. The molecule has 33 heavy (non-hydrogen) atoms. The molecule has 178 valence electrons. The summed E-state index contributed by atoms with van der Waals surface area (Å²) in [4.78, 5) is 32.1. The van der Waals surface area contributed by atoms with Gasteiger partial charge in [0, 0.05) is 19.3 Å². The molecule has 2 N–H and O–H groups in total. The number of nitrogens with one attached hydrogen (secondary N) is 2. The molecule has 0 aliphatic carbocycles. The Morgan fingerprint density at radius 3 is 2.67 bits per heavy atom. The maximum atomic E-state index is 13.3. The second-order valence-corrected chi connectivity index (χ2v) is 10.7. The number of aromatic nitrogens is 1. The molecule has 2 aromatic rings. The Morgan fingerprint density at radius 2 is 1.97 bits per heavy atom. The molecule has 1 aromatic heterocycles. The number of anilines is 1. The minimum atomic E-state index is -3.84. The van der Waals surface area contributed by atoms with Crippen LogP contribution < -0.4 is 10.0 Å². The fraction of sp³-hybridized carbons (Fsp3) is 0.435. The van der Waals surface area contributed by atoms with Crippen LogP contribution in [-0.2, 0) is 19.6 Å². The van der Waals surface area contributed by atoms with E-state index in [9.17, 15) is 18.0 Å². The number of rotatable bonds is 9. The number of carbonyl (C=O) groups excluding carboxylic acids is 2. The van der Waals surface area contributed by atoms with Crippen LogP contribution in [0.5, 0.6) is 0 Å². The predicted octanol–water partition coefficient (Wildman–Crippen LogP) is 2.67. The molecule has 0 radical (unpaired) electrons. The zero-order valence-corrected chi connectivity index (χ0v) is 20.5. The molecule has 2 amide bonds. The number of pyridine rings is 1. The Hall–Kier alpha value is -2.43. The zero-order chi connectivity index (χ0) is 23.8. The van der Waals surface area contributed by atoms with Crippen molar-refractivity contribution in [1.82, 2.24) is 14.6 Å². The number of thioether (sulfide) groups is 1. The standard InChI is InChI=1S/C23H30N4O4S2/c1-17-8-6-13-24-21(17)25-22(28)18-9-7-14-27(16-18)23(29)20(12-15-32-2)26-33(30,31)19-10-4-3-5-11-19/h3-6,8,10-11,13,18,20,26H,7,9,12,14-16H2,1-2H3,(H,24,25,28). The lowest BCUT2D eigenvalue weighted by atomic mass is 9.96. The van der Waals surface area contributed by atoms with Crippen LogP contribution in [0.25, 0.3) is 0 Å². The highest BCUT2D eigenvalue weighted by Gasteiger charge is 2.34. The minimum absolute atomic E-state index is 0.119. The smallest absolute Gasteiger partial charge is 0.241 e. The molecule has 2 heterocycles. The maximum absolute atomic E-state index is 13.3. The van der Waals surface area contributed by atoms with E-state index < -0.39 is 16.1 Å². The number of nitrogens with zero attached hydrogens (tertiary/aromatic N) is 2. The van der Waals surface area contributed by atoms with Gasteiger partial charge in [-0.2, -0.15) is 16.5 Å². The molecule has 3 rings (SSSR count). The number of aryl methyl sites for hydroxylation is 1. The van der Waals surface area contributed by atoms with Crippen LogP contribution in [0.2, 0.25) is 0 Å². The first kappa shape index (κ1) is 25.2. The molecule has 1 fully saturated rings. The fourth-order valence-electron chi connectivity index (χ4n) is 3.77. The highest BCUT2D eigenvalue weighted by molar-refractivity contribution is 7.98. The van der Waals surface area contributed by atoms with Crippen molar-refractivity contribution in [3.05, 3.63) is 54.2 Å². The van der Waals surface area contributed by atoms with E-state index in [4.69, 9.17) is 0 Å². The third-order valence-corrected chi connectivity index (χ3v) is 7.75. The Labute approximate surface area is 199 Å². The molecule has 1 aromatic carbocycles. The summed E-state index contributed by atoms with van der Waals surface area (Å²) in [5, 5.41) is 2.86. The van der Waals surface area contributed by atoms with Crippen molar-refractivity contribution < 1.29 is 18.0 Å². The van der Waals surface area contributed by atoms with E-state index in [0.29, 0.717) is 37.4 Å². The second kappa shape index (κ2) is 11.6. The Bertz CT molecular complexity index is 1060. The summed E-state index contributed by atoms with van der Waals surface area (Å²) < 4.78 is 28.3. The molecule has 0 spiro atoms. The third kappa shape index (κ3) is 6.78. The van der Waals surface area contributed by atoms with E-state index in [0.717, 1.165) is 5.56 Å². The van der Waals surface area contributed by atoms with E-state index >= 15 is 0 Å². The Kier molecular flexibility index (Phi) is 8.87. The molecule has 2 unspecified atom stereocenters. The monoisotopic (exact) mass is 490 g/mol. The number of hydrogen-bond donors (Lipinski definition) is 2. The number of piperidine rings is 1. The lowest BCUT2D eigenvalue weighted by molar-refractivity contribution is -0.136. The van der Waals surface area contributed by atoms with E-state index in [1.54, 1.807) is 47.1 Å². The summed E-state index contributed by atoms with van der Waals surface area (Å²) in [7, 11) is -3.84. The van der Waals surface area contributed by atoms with Gasteiger partial charge in [-0.1, -0.05) is 24.3 Å². The van der Waals surface area contributed by atoms with Crippen LogP contribution in [0, 0.1) is 12.8 Å². The van der Waals surface area contributed by atoms with Gasteiger partial charge in [0.15, 0.2) is 0 Å². The van der Waals surface area contributed by atoms with Gasteiger partial charge in [-0.15, -0.1) is 0 Å². The maximum Gasteiger partial charge on any atom is 0.241 e. The first-order chi connectivity index (χ1) is 15.8. The Balaban J connectivity index is 1.70. The van der Waals surface area contributed by atoms with E-state index in [1.165, 1.54) is 12.1 Å². The van der Waals surface area contributed by atoms with Gasteiger partial charge in [0.05, 0.1) is 10.8 Å². The van der Waals surface area contributed by atoms with Gasteiger partial charge in [-0.25, -0.2) is 13.4 Å². The molecule has 8 nitrogen and oxygen atoms in total. The summed E-state index contributed by atoms with van der Waals surface area (Å²) in [6.45, 7) is 2.61. The molecule has 2 atom stereocenters. The van der Waals surface area contributed by atoms with Crippen LogP contribution >= 0.6 is 11.8 Å². The summed E-state index contributed by atoms with van der Waals surface area (Å²) >= 11 is 1.55. The number of likely N-dealkylation sites (tertiary alicyclic amines) is 1. The van der Waals surface area contributed by atoms with Crippen molar-refractivity contribution in [2.75, 3.05) is 30.4 Å². The molecule has 10 heteroatoms. The number of benzene rings is 1. The number of amides is 2. The van der Waals surface area contributed by atoms with Gasteiger partial charge in [0.25, 0.3) is 0 Å². The zero-order valence-electron chi connectivity index (χ0n) is 18.9. The number of carbonyl (C=O) groups is 2. The van der Waals surface area contributed by atoms with Gasteiger partial charge in [-0.05, 0) is 62.0 Å². The lowest BCUT2D eigenvalue weighted by Crippen LogP contribution is -2.52. The van der Waals surface area contributed by atoms with Crippen molar-refractivity contribution in [1.29, 1.82) is 0 Å². The van der Waals surface area contributed by atoms with Crippen LogP contribution in [0.3, 0.4) is 0 Å². The van der Waals surface area contributed by atoms with Gasteiger partial charge >= 0.3 is 0 Å². The Morgan fingerprint density at radius 1 is 1.21 bits per heavy atom. The first-order valence-corrected chi connectivity index (χ1v) is 13.8. The SMILES string of the molecule is CSCCC(NS(=O)(=O)c1ccccc1)C(=O)N1CCCC(C(=O)Nc2ncccc2C)C1. The van der Waals surface area contributed by atoms with Crippen LogP contribution in [0.4, 0.5) is 5.82 Å². The van der Waals surface area contributed by atoms with Gasteiger partial charge in [-0.3, -0.25) is 9.59 Å². The van der Waals surface area contributed by atoms with E-state index in [-0.39, 0.29) is 29.2 Å². The highest BCUT2D eigenvalue weighted by Crippen LogP contribution is 2.21. The van der Waals surface area contributed by atoms with E-state index in [2.05, 4.69) is 15.0 Å². The van der Waals surface area contributed by atoms with Crippen LogP contribution in [0.15, 0.2) is 53.6 Å². The molecule has 0 bridgehead atoms. The van der Waals surface area contributed by atoms with Crippen LogP contribution in [0.1, 0.15) is 24.8 Å². The fourth-order valence-corrected chi connectivity index (χ4v) is 5.49. The molecule has 0 saturated carbocycles. The minimum Gasteiger partial charge on any atom is -0.341 e. The van der Waals surface area contributed by atoms with Crippen molar-refractivity contribution in [3.63, 3.8) is 0 Å². The first-order valence-electron chi connectivity index (χ1n) is 10.9. The molecular formula is C23H30N4O4S2. The normalized spacial score (nSPS) is 17.4. The highest BCUT2D eigenvalue weighted by atomic mass is 32.2. The average Bonchev–Trinajstić information content (AvgIpc) is 2.83. The van der Waals surface area contributed by atoms with Gasteiger partial charge < -0.3 is 10.2 Å². The third-order valence-electron chi connectivity index (χ3n) is 5.61. The summed E-state index contributed by atoms with van der Waals surface area (Å²) in [5.41, 5.74) is 0.863. The molecular weight excluding hydrogens is 460 g/mol. The van der Waals surface area contributed by atoms with Gasteiger partial charge in [0.1, 0.15) is 11.9 Å². The van der Waals surface area contributed by atoms with Crippen molar-refractivity contribution in [3.8, 4) is 0 Å². The molecule has 1 aliphatic rings. The van der Waals surface area contributed by atoms with E-state index in [1.807, 2.05) is 19.2 Å². The molecule has 1 aliphatic heterocycles. The topological polar surface area (TPSA) is 108 Å². The lowest BCUT2D eigenvalue weighted by Gasteiger charge is -2.34. The summed E-state index contributed by atoms with van der Waals surface area (Å²) in [5.74, 6) is 0.287. The summed E-state index contributed by atoms with van der Waals surface area (Å²) in [6, 6.07) is 10.8. The average molecular weight is 491 g/mol. The second-order valence-electron chi connectivity index (χ2n) is 8.05. The quantitative estimate of drug-likeness (QED) is 0.560. The van der Waals surface area contributed by atoms with Crippen molar-refractivity contribution >= 4 is 39.4 Å². The van der Waals surface area contributed by atoms with Crippen molar-refractivity contribution in [2.24, 2.45) is 5.92 Å². The van der Waals surface area contributed by atoms with Crippen molar-refractivity contribution in [2.45, 2.75) is 37.1 Å². The number of hydrogen-bond acceptors (Lipinski definition) is 6.